The minimum absolute atomic E-state index is 0.202. The Labute approximate surface area is 162 Å². The molecule has 6 heteroatoms. The van der Waals surface area contributed by atoms with Crippen molar-refractivity contribution < 1.29 is 4.43 Å². The summed E-state index contributed by atoms with van der Waals surface area (Å²) in [5.41, 5.74) is 2.18. The van der Waals surface area contributed by atoms with Crippen LogP contribution in [0.4, 0.5) is 0 Å². The molecular formula is C20H31N3OSSi. The van der Waals surface area contributed by atoms with E-state index in [4.69, 9.17) is 9.41 Å². The summed E-state index contributed by atoms with van der Waals surface area (Å²) in [7, 11) is -1.80. The highest BCUT2D eigenvalue weighted by Gasteiger charge is 2.37. The second kappa shape index (κ2) is 7.86. The van der Waals surface area contributed by atoms with Gasteiger partial charge in [0.2, 0.25) is 0 Å². The summed E-state index contributed by atoms with van der Waals surface area (Å²) >= 11 is 1.91. The van der Waals surface area contributed by atoms with Crippen molar-refractivity contribution in [2.75, 3.05) is 0 Å². The summed E-state index contributed by atoms with van der Waals surface area (Å²) in [6, 6.07) is 4.08. The van der Waals surface area contributed by atoms with E-state index >= 15 is 0 Å². The fourth-order valence-electron chi connectivity index (χ4n) is 2.94. The van der Waals surface area contributed by atoms with Gasteiger partial charge >= 0.3 is 0 Å². The molecule has 1 aliphatic carbocycles. The number of rotatable bonds is 6. The number of nitrogens with zero attached hydrogens (tertiary/aromatic N) is 3. The number of thioether (sulfide) groups is 1. The lowest BCUT2D eigenvalue weighted by molar-refractivity contribution is 0.269. The van der Waals surface area contributed by atoms with E-state index in [0.29, 0.717) is 11.9 Å². The third kappa shape index (κ3) is 4.41. The molecule has 2 aromatic heterocycles. The maximum Gasteiger partial charge on any atom is 0.192 e. The molecule has 26 heavy (non-hydrogen) atoms. The standard InChI is InChI=1S/C20H31N3OSSi/c1-20(2,3)26(4,5)24-15-17-14-22-19(25-18-10-6-7-11-18)23(17)16-9-8-12-21-13-16/h8-9,12-14,18H,6-7,10-11,15H2,1-5H3. The first-order valence-corrected chi connectivity index (χ1v) is 13.3. The van der Waals surface area contributed by atoms with Crippen LogP contribution in [0.2, 0.25) is 18.1 Å². The normalized spacial score (nSPS) is 16.3. The van der Waals surface area contributed by atoms with Gasteiger partial charge in [-0.05, 0) is 43.1 Å². The van der Waals surface area contributed by atoms with E-state index in [1.165, 1.54) is 25.7 Å². The molecule has 0 amide bonds. The zero-order valence-electron chi connectivity index (χ0n) is 16.7. The minimum atomic E-state index is -1.80. The number of aromatic nitrogens is 3. The van der Waals surface area contributed by atoms with Gasteiger partial charge in [-0.15, -0.1) is 0 Å². The first-order chi connectivity index (χ1) is 12.3. The number of pyridine rings is 1. The first kappa shape index (κ1) is 19.6. The van der Waals surface area contributed by atoms with Crippen molar-refractivity contribution in [3.05, 3.63) is 36.4 Å². The summed E-state index contributed by atoms with van der Waals surface area (Å²) in [5.74, 6) is 0. The Morgan fingerprint density at radius 3 is 2.58 bits per heavy atom. The van der Waals surface area contributed by atoms with Crippen molar-refractivity contribution in [2.24, 2.45) is 0 Å². The van der Waals surface area contributed by atoms with Crippen LogP contribution in [0.5, 0.6) is 0 Å². The topological polar surface area (TPSA) is 39.9 Å². The van der Waals surface area contributed by atoms with Crippen molar-refractivity contribution in [3.63, 3.8) is 0 Å². The molecule has 142 valence electrons. The average molecular weight is 390 g/mol. The van der Waals surface area contributed by atoms with Gasteiger partial charge in [0.15, 0.2) is 13.5 Å². The second-order valence-electron chi connectivity index (χ2n) is 8.65. The van der Waals surface area contributed by atoms with Gasteiger partial charge in [-0.3, -0.25) is 9.55 Å². The van der Waals surface area contributed by atoms with Crippen LogP contribution in [0, 0.1) is 0 Å². The molecule has 4 nitrogen and oxygen atoms in total. The third-order valence-corrected chi connectivity index (χ3v) is 11.4. The number of hydrogen-bond donors (Lipinski definition) is 0. The second-order valence-corrected chi connectivity index (χ2v) is 14.7. The fraction of sp³-hybridized carbons (Fsp3) is 0.600. The van der Waals surface area contributed by atoms with E-state index in [0.717, 1.165) is 16.5 Å². The summed E-state index contributed by atoms with van der Waals surface area (Å²) < 4.78 is 8.71. The molecule has 1 saturated carbocycles. The Hall–Kier alpha value is -1.11. The molecule has 0 radical (unpaired) electrons. The van der Waals surface area contributed by atoms with Crippen LogP contribution >= 0.6 is 11.8 Å². The van der Waals surface area contributed by atoms with Crippen LogP contribution in [0.15, 0.2) is 35.9 Å². The molecule has 2 aromatic rings. The summed E-state index contributed by atoms with van der Waals surface area (Å²) in [6.45, 7) is 12.0. The number of hydrogen-bond acceptors (Lipinski definition) is 4. The van der Waals surface area contributed by atoms with Gasteiger partial charge in [-0.25, -0.2) is 4.98 Å². The molecule has 1 fully saturated rings. The van der Waals surface area contributed by atoms with Crippen molar-refractivity contribution >= 4 is 20.1 Å². The summed E-state index contributed by atoms with van der Waals surface area (Å²) in [4.78, 5) is 9.07. The van der Waals surface area contributed by atoms with Gasteiger partial charge in [-0.1, -0.05) is 45.4 Å². The van der Waals surface area contributed by atoms with Gasteiger partial charge in [0, 0.05) is 11.4 Å². The summed E-state index contributed by atoms with van der Waals surface area (Å²) in [6.07, 6.45) is 11.0. The van der Waals surface area contributed by atoms with Crippen molar-refractivity contribution in [1.82, 2.24) is 14.5 Å². The molecular weight excluding hydrogens is 358 g/mol. The highest BCUT2D eigenvalue weighted by molar-refractivity contribution is 7.99. The Kier molecular flexibility index (Phi) is 5.94. The van der Waals surface area contributed by atoms with Gasteiger partial charge in [-0.2, -0.15) is 0 Å². The zero-order valence-corrected chi connectivity index (χ0v) is 18.5. The Morgan fingerprint density at radius 1 is 1.23 bits per heavy atom. The van der Waals surface area contributed by atoms with Crippen LogP contribution in [-0.2, 0) is 11.0 Å². The van der Waals surface area contributed by atoms with E-state index in [9.17, 15) is 0 Å². The molecule has 0 atom stereocenters. The summed E-state index contributed by atoms with van der Waals surface area (Å²) in [5, 5.41) is 1.95. The molecule has 0 unspecified atom stereocenters. The van der Waals surface area contributed by atoms with Gasteiger partial charge in [0.05, 0.1) is 30.4 Å². The van der Waals surface area contributed by atoms with Crippen molar-refractivity contribution in [3.8, 4) is 5.69 Å². The highest BCUT2D eigenvalue weighted by Crippen LogP contribution is 2.38. The highest BCUT2D eigenvalue weighted by atomic mass is 32.2. The zero-order chi connectivity index (χ0) is 18.8. The molecule has 0 spiro atoms. The molecule has 2 heterocycles. The molecule has 0 aromatic carbocycles. The van der Waals surface area contributed by atoms with Crippen LogP contribution in [0.1, 0.15) is 52.1 Å². The van der Waals surface area contributed by atoms with Crippen LogP contribution in [-0.4, -0.2) is 28.1 Å². The largest absolute Gasteiger partial charge is 0.411 e. The van der Waals surface area contributed by atoms with Gasteiger partial charge < -0.3 is 4.43 Å². The third-order valence-electron chi connectivity index (χ3n) is 5.67. The van der Waals surface area contributed by atoms with E-state index in [-0.39, 0.29) is 5.04 Å². The van der Waals surface area contributed by atoms with Crippen molar-refractivity contribution in [2.45, 2.75) is 81.6 Å². The minimum Gasteiger partial charge on any atom is -0.411 e. The molecule has 0 aliphatic heterocycles. The Bertz CT molecular complexity index is 718. The fourth-order valence-corrected chi connectivity index (χ4v) is 5.19. The molecule has 3 rings (SSSR count). The van der Waals surface area contributed by atoms with Crippen LogP contribution in [0.25, 0.3) is 5.69 Å². The predicted molar refractivity (Wildman–Crippen MR) is 111 cm³/mol. The lowest BCUT2D eigenvalue weighted by Crippen LogP contribution is -2.40. The van der Waals surface area contributed by atoms with E-state index in [1.54, 1.807) is 0 Å². The maximum atomic E-state index is 6.47. The SMILES string of the molecule is CC(C)(C)[Si](C)(C)OCc1cnc(SC2CCCC2)n1-c1cccnc1. The smallest absolute Gasteiger partial charge is 0.192 e. The molecule has 1 aliphatic rings. The van der Waals surface area contributed by atoms with E-state index in [2.05, 4.69) is 49.5 Å². The average Bonchev–Trinajstić information content (AvgIpc) is 3.23. The van der Waals surface area contributed by atoms with Crippen molar-refractivity contribution in [1.29, 1.82) is 0 Å². The molecule has 0 N–H and O–H groups in total. The van der Waals surface area contributed by atoms with Gasteiger partial charge in [0.25, 0.3) is 0 Å². The molecule has 0 saturated heterocycles. The van der Waals surface area contributed by atoms with E-state index < -0.39 is 8.32 Å². The maximum absolute atomic E-state index is 6.47. The number of imidazole rings is 1. The lowest BCUT2D eigenvalue weighted by Gasteiger charge is -2.36. The van der Waals surface area contributed by atoms with Gasteiger partial charge in [0.1, 0.15) is 0 Å². The van der Waals surface area contributed by atoms with Crippen LogP contribution < -0.4 is 0 Å². The van der Waals surface area contributed by atoms with Crippen LogP contribution in [0.3, 0.4) is 0 Å². The first-order valence-electron chi connectivity index (χ1n) is 9.55. The molecule has 0 bridgehead atoms. The Balaban J connectivity index is 1.86. The predicted octanol–water partition coefficient (Wildman–Crippen LogP) is 5.82. The Morgan fingerprint density at radius 2 is 1.96 bits per heavy atom. The monoisotopic (exact) mass is 389 g/mol. The van der Waals surface area contributed by atoms with E-state index in [1.807, 2.05) is 36.4 Å². The lowest BCUT2D eigenvalue weighted by atomic mass is 10.2. The quantitative estimate of drug-likeness (QED) is 0.583.